The lowest BCUT2D eigenvalue weighted by molar-refractivity contribution is 0.869. The van der Waals surface area contributed by atoms with E-state index in [-0.39, 0.29) is 0 Å². The van der Waals surface area contributed by atoms with E-state index in [9.17, 15) is 0 Å². The molecule has 106 valence electrons. The van der Waals surface area contributed by atoms with Crippen LogP contribution in [0.2, 0.25) is 0 Å². The van der Waals surface area contributed by atoms with Gasteiger partial charge in [0, 0.05) is 5.56 Å². The number of nitrogens with one attached hydrogen (secondary N) is 1. The molecule has 3 heteroatoms. The molecule has 0 saturated heterocycles. The van der Waals surface area contributed by atoms with E-state index in [0.29, 0.717) is 11.7 Å². The van der Waals surface area contributed by atoms with E-state index in [0.717, 1.165) is 11.1 Å². The van der Waals surface area contributed by atoms with Crippen LogP contribution in [0.5, 0.6) is 0 Å². The summed E-state index contributed by atoms with van der Waals surface area (Å²) in [6.45, 7) is 4.43. The average molecular weight is 277 g/mol. The lowest BCUT2D eigenvalue weighted by Crippen LogP contribution is -1.94. The smallest absolute Gasteiger partial charge is 0.126 e. The SMILES string of the molecule is CC(C)c1ccc(-c2cn[nH]c2N)cc1-c1ccccc1. The average Bonchev–Trinajstić information content (AvgIpc) is 2.93. The number of H-pyrrole nitrogens is 1. The zero-order valence-corrected chi connectivity index (χ0v) is 12.3. The van der Waals surface area contributed by atoms with Crippen molar-refractivity contribution in [1.82, 2.24) is 10.2 Å². The molecule has 0 unspecified atom stereocenters. The Hall–Kier alpha value is -2.55. The summed E-state index contributed by atoms with van der Waals surface area (Å²) in [6, 6.07) is 17.0. The first-order valence-electron chi connectivity index (χ1n) is 7.15. The normalized spacial score (nSPS) is 11.0. The summed E-state index contributed by atoms with van der Waals surface area (Å²) in [5, 5.41) is 6.80. The maximum atomic E-state index is 5.94. The van der Waals surface area contributed by atoms with Gasteiger partial charge >= 0.3 is 0 Å². The minimum absolute atomic E-state index is 0.468. The Morgan fingerprint density at radius 3 is 2.33 bits per heavy atom. The lowest BCUT2D eigenvalue weighted by Gasteiger charge is -2.15. The number of nitrogens with zero attached hydrogens (tertiary/aromatic N) is 1. The molecule has 3 nitrogen and oxygen atoms in total. The Morgan fingerprint density at radius 1 is 0.952 bits per heavy atom. The van der Waals surface area contributed by atoms with Crippen LogP contribution in [0.15, 0.2) is 54.7 Å². The minimum atomic E-state index is 0.468. The number of hydrogen-bond donors (Lipinski definition) is 2. The standard InChI is InChI=1S/C18H19N3/c1-12(2)15-9-8-14(17-11-20-21-18(17)19)10-16(15)13-6-4-3-5-7-13/h3-12H,1-2H3,(H3,19,20,21). The van der Waals surface area contributed by atoms with E-state index >= 15 is 0 Å². The molecule has 21 heavy (non-hydrogen) atoms. The van der Waals surface area contributed by atoms with Gasteiger partial charge < -0.3 is 5.73 Å². The van der Waals surface area contributed by atoms with Crippen molar-refractivity contribution < 1.29 is 0 Å². The van der Waals surface area contributed by atoms with Gasteiger partial charge in [0.15, 0.2) is 0 Å². The van der Waals surface area contributed by atoms with E-state index in [1.807, 2.05) is 6.07 Å². The van der Waals surface area contributed by atoms with E-state index < -0.39 is 0 Å². The van der Waals surface area contributed by atoms with Crippen LogP contribution >= 0.6 is 0 Å². The minimum Gasteiger partial charge on any atom is -0.384 e. The molecule has 0 aliphatic heterocycles. The summed E-state index contributed by atoms with van der Waals surface area (Å²) in [4.78, 5) is 0. The van der Waals surface area contributed by atoms with E-state index in [4.69, 9.17) is 5.73 Å². The van der Waals surface area contributed by atoms with Crippen molar-refractivity contribution >= 4 is 5.82 Å². The Balaban J connectivity index is 2.18. The molecule has 0 spiro atoms. The largest absolute Gasteiger partial charge is 0.384 e. The Labute approximate surface area is 124 Å². The molecule has 1 heterocycles. The van der Waals surface area contributed by atoms with Crippen LogP contribution in [0.25, 0.3) is 22.3 Å². The van der Waals surface area contributed by atoms with Gasteiger partial charge in [-0.1, -0.05) is 56.3 Å². The summed E-state index contributed by atoms with van der Waals surface area (Å²) < 4.78 is 0. The highest BCUT2D eigenvalue weighted by atomic mass is 15.1. The molecule has 0 bridgehead atoms. The maximum Gasteiger partial charge on any atom is 0.126 e. The number of anilines is 1. The van der Waals surface area contributed by atoms with Crippen LogP contribution in [0.1, 0.15) is 25.3 Å². The second-order valence-electron chi connectivity index (χ2n) is 5.52. The topological polar surface area (TPSA) is 54.7 Å². The van der Waals surface area contributed by atoms with Gasteiger partial charge in [-0.3, -0.25) is 5.10 Å². The Bertz CT molecular complexity index is 742. The predicted octanol–water partition coefficient (Wildman–Crippen LogP) is 4.45. The summed E-state index contributed by atoms with van der Waals surface area (Å²) in [6.07, 6.45) is 1.77. The molecular formula is C18H19N3. The zero-order valence-electron chi connectivity index (χ0n) is 12.3. The van der Waals surface area contributed by atoms with Crippen molar-refractivity contribution in [1.29, 1.82) is 0 Å². The lowest BCUT2D eigenvalue weighted by atomic mass is 9.90. The Kier molecular flexibility index (Phi) is 3.48. The number of aromatic amines is 1. The number of benzene rings is 2. The summed E-state index contributed by atoms with van der Waals surface area (Å²) in [7, 11) is 0. The van der Waals surface area contributed by atoms with Crippen LogP contribution < -0.4 is 5.73 Å². The van der Waals surface area contributed by atoms with Gasteiger partial charge in [-0.15, -0.1) is 0 Å². The fourth-order valence-corrected chi connectivity index (χ4v) is 2.62. The third kappa shape index (κ3) is 2.55. The fourth-order valence-electron chi connectivity index (χ4n) is 2.62. The molecule has 0 radical (unpaired) electrons. The zero-order chi connectivity index (χ0) is 14.8. The molecule has 0 fully saturated rings. The van der Waals surface area contributed by atoms with Crippen molar-refractivity contribution in [2.24, 2.45) is 0 Å². The van der Waals surface area contributed by atoms with Crippen LogP contribution in [-0.2, 0) is 0 Å². The number of nitrogen functional groups attached to an aromatic ring is 1. The molecule has 0 aliphatic rings. The number of rotatable bonds is 3. The van der Waals surface area contributed by atoms with Crippen molar-refractivity contribution in [3.05, 3.63) is 60.3 Å². The second-order valence-corrected chi connectivity index (χ2v) is 5.52. The third-order valence-electron chi connectivity index (χ3n) is 3.74. The van der Waals surface area contributed by atoms with Gasteiger partial charge in [-0.05, 0) is 34.2 Å². The van der Waals surface area contributed by atoms with E-state index in [2.05, 4.69) is 66.5 Å². The molecule has 0 aliphatic carbocycles. The molecule has 2 aromatic carbocycles. The van der Waals surface area contributed by atoms with Crippen LogP contribution in [0, 0.1) is 0 Å². The molecule has 0 amide bonds. The first-order chi connectivity index (χ1) is 10.2. The van der Waals surface area contributed by atoms with Gasteiger partial charge in [-0.2, -0.15) is 5.10 Å². The van der Waals surface area contributed by atoms with Gasteiger partial charge in [0.1, 0.15) is 5.82 Å². The molecule has 0 saturated carbocycles. The predicted molar refractivity (Wildman–Crippen MR) is 88.0 cm³/mol. The van der Waals surface area contributed by atoms with Gasteiger partial charge in [-0.25, -0.2) is 0 Å². The van der Waals surface area contributed by atoms with E-state index in [1.54, 1.807) is 6.20 Å². The molecular weight excluding hydrogens is 258 g/mol. The molecule has 1 aromatic heterocycles. The number of nitrogens with two attached hydrogens (primary N) is 1. The van der Waals surface area contributed by atoms with Crippen molar-refractivity contribution in [2.45, 2.75) is 19.8 Å². The van der Waals surface area contributed by atoms with Crippen molar-refractivity contribution in [2.75, 3.05) is 5.73 Å². The van der Waals surface area contributed by atoms with Crippen LogP contribution in [0.3, 0.4) is 0 Å². The van der Waals surface area contributed by atoms with Crippen molar-refractivity contribution in [3.8, 4) is 22.3 Å². The van der Waals surface area contributed by atoms with Gasteiger partial charge in [0.2, 0.25) is 0 Å². The van der Waals surface area contributed by atoms with Crippen LogP contribution in [0.4, 0.5) is 5.82 Å². The first-order valence-corrected chi connectivity index (χ1v) is 7.15. The first kappa shape index (κ1) is 13.4. The van der Waals surface area contributed by atoms with Gasteiger partial charge in [0.05, 0.1) is 6.20 Å². The quantitative estimate of drug-likeness (QED) is 0.743. The van der Waals surface area contributed by atoms with E-state index in [1.165, 1.54) is 16.7 Å². The monoisotopic (exact) mass is 277 g/mol. The van der Waals surface area contributed by atoms with Crippen LogP contribution in [-0.4, -0.2) is 10.2 Å². The highest BCUT2D eigenvalue weighted by Crippen LogP contribution is 2.34. The highest BCUT2D eigenvalue weighted by Gasteiger charge is 2.12. The number of aromatic nitrogens is 2. The highest BCUT2D eigenvalue weighted by molar-refractivity contribution is 5.79. The second kappa shape index (κ2) is 5.44. The number of hydrogen-bond acceptors (Lipinski definition) is 2. The maximum absolute atomic E-state index is 5.94. The summed E-state index contributed by atoms with van der Waals surface area (Å²) in [5.41, 5.74) is 11.8. The summed E-state index contributed by atoms with van der Waals surface area (Å²) in [5.74, 6) is 1.07. The molecule has 3 aromatic rings. The molecule has 0 atom stereocenters. The molecule has 3 N–H and O–H groups in total. The Morgan fingerprint density at radius 2 is 1.71 bits per heavy atom. The summed E-state index contributed by atoms with van der Waals surface area (Å²) >= 11 is 0. The molecule has 3 rings (SSSR count). The van der Waals surface area contributed by atoms with Crippen molar-refractivity contribution in [3.63, 3.8) is 0 Å². The van der Waals surface area contributed by atoms with Gasteiger partial charge in [0.25, 0.3) is 0 Å². The third-order valence-corrected chi connectivity index (χ3v) is 3.74. The fraction of sp³-hybridized carbons (Fsp3) is 0.167.